The third-order valence-corrected chi connectivity index (χ3v) is 3.57. The molecule has 0 spiro atoms. The molecule has 88 valence electrons. The van der Waals surface area contributed by atoms with E-state index in [1.54, 1.807) is 6.07 Å². The molecule has 0 saturated carbocycles. The molecule has 0 radical (unpaired) electrons. The average Bonchev–Trinajstić information content (AvgIpc) is 2.30. The number of rotatable bonds is 3. The topological polar surface area (TPSA) is 18.5 Å². The van der Waals surface area contributed by atoms with Gasteiger partial charge in [-0.2, -0.15) is 0 Å². The summed E-state index contributed by atoms with van der Waals surface area (Å²) in [6.45, 7) is 2.17. The van der Waals surface area contributed by atoms with E-state index in [4.69, 9.17) is 9.47 Å². The van der Waals surface area contributed by atoms with Gasteiger partial charge in [0.25, 0.3) is 0 Å². The van der Waals surface area contributed by atoms with Crippen LogP contribution in [0.1, 0.15) is 12.8 Å². The Morgan fingerprint density at radius 2 is 2.12 bits per heavy atom. The lowest BCUT2D eigenvalue weighted by Crippen LogP contribution is -2.21. The van der Waals surface area contributed by atoms with Crippen LogP contribution in [-0.4, -0.2) is 19.8 Å². The molecule has 0 unspecified atom stereocenters. The van der Waals surface area contributed by atoms with Crippen molar-refractivity contribution in [2.45, 2.75) is 12.8 Å². The summed E-state index contributed by atoms with van der Waals surface area (Å²) >= 11 is 2.09. The summed E-state index contributed by atoms with van der Waals surface area (Å²) in [6, 6.07) is 4.98. The quantitative estimate of drug-likeness (QED) is 0.789. The third kappa shape index (κ3) is 3.07. The van der Waals surface area contributed by atoms with E-state index in [2.05, 4.69) is 22.6 Å². The zero-order valence-corrected chi connectivity index (χ0v) is 11.1. The second kappa shape index (κ2) is 5.82. The first kappa shape index (κ1) is 12.1. The van der Waals surface area contributed by atoms with Gasteiger partial charge in [-0.3, -0.25) is 0 Å². The summed E-state index contributed by atoms with van der Waals surface area (Å²) in [6.07, 6.45) is 2.01. The van der Waals surface area contributed by atoms with E-state index in [-0.39, 0.29) is 5.82 Å². The molecule has 1 aliphatic heterocycles. The lowest BCUT2D eigenvalue weighted by molar-refractivity contribution is 0.0490. The van der Waals surface area contributed by atoms with Crippen LogP contribution >= 0.6 is 22.6 Å². The van der Waals surface area contributed by atoms with E-state index in [0.717, 1.165) is 29.6 Å². The highest BCUT2D eigenvalue weighted by Gasteiger charge is 2.16. The van der Waals surface area contributed by atoms with Gasteiger partial charge in [-0.25, -0.2) is 4.39 Å². The third-order valence-electron chi connectivity index (χ3n) is 2.72. The molecule has 1 aromatic rings. The van der Waals surface area contributed by atoms with Crippen LogP contribution < -0.4 is 4.74 Å². The smallest absolute Gasteiger partial charge is 0.168 e. The van der Waals surface area contributed by atoms with Crippen LogP contribution in [0.25, 0.3) is 0 Å². The summed E-state index contributed by atoms with van der Waals surface area (Å²) in [7, 11) is 0. The predicted octanol–water partition coefficient (Wildman–Crippen LogP) is 3.24. The molecule has 0 atom stereocenters. The Hall–Kier alpha value is -0.360. The summed E-state index contributed by atoms with van der Waals surface area (Å²) in [4.78, 5) is 0. The lowest BCUT2D eigenvalue weighted by atomic mass is 10.0. The second-order valence-corrected chi connectivity index (χ2v) is 5.08. The SMILES string of the molecule is Fc1cccc(I)c1OCC1CCOCC1. The molecule has 0 aliphatic carbocycles. The first-order valence-electron chi connectivity index (χ1n) is 5.42. The van der Waals surface area contributed by atoms with Crippen LogP contribution in [0, 0.1) is 15.3 Å². The van der Waals surface area contributed by atoms with Crippen molar-refractivity contribution in [2.24, 2.45) is 5.92 Å². The number of benzene rings is 1. The normalized spacial score (nSPS) is 17.4. The van der Waals surface area contributed by atoms with Crippen molar-refractivity contribution in [3.05, 3.63) is 27.6 Å². The van der Waals surface area contributed by atoms with E-state index in [9.17, 15) is 4.39 Å². The Morgan fingerprint density at radius 1 is 1.38 bits per heavy atom. The molecule has 1 saturated heterocycles. The minimum Gasteiger partial charge on any atom is -0.489 e. The fraction of sp³-hybridized carbons (Fsp3) is 0.500. The molecule has 2 nitrogen and oxygen atoms in total. The van der Waals surface area contributed by atoms with Gasteiger partial charge in [0.2, 0.25) is 0 Å². The molecule has 0 N–H and O–H groups in total. The maximum atomic E-state index is 13.5. The summed E-state index contributed by atoms with van der Waals surface area (Å²) in [5.74, 6) is 0.595. The van der Waals surface area contributed by atoms with Crippen LogP contribution in [0.3, 0.4) is 0 Å². The average molecular weight is 336 g/mol. The highest BCUT2D eigenvalue weighted by molar-refractivity contribution is 14.1. The van der Waals surface area contributed by atoms with Crippen LogP contribution in [0.15, 0.2) is 18.2 Å². The maximum absolute atomic E-state index is 13.5. The highest BCUT2D eigenvalue weighted by Crippen LogP contribution is 2.25. The molecule has 0 bridgehead atoms. The summed E-state index contributed by atoms with van der Waals surface area (Å²) in [5, 5.41) is 0. The molecule has 1 aliphatic rings. The van der Waals surface area contributed by atoms with Crippen molar-refractivity contribution in [1.82, 2.24) is 0 Å². The van der Waals surface area contributed by atoms with Crippen LogP contribution in [0.5, 0.6) is 5.75 Å². The van der Waals surface area contributed by atoms with E-state index in [1.807, 2.05) is 6.07 Å². The minimum absolute atomic E-state index is 0.279. The number of halogens is 2. The molecule has 0 aromatic heterocycles. The van der Waals surface area contributed by atoms with Crippen LogP contribution in [0.2, 0.25) is 0 Å². The minimum atomic E-state index is -0.279. The van der Waals surface area contributed by atoms with Gasteiger partial charge in [0.1, 0.15) is 0 Å². The molecule has 4 heteroatoms. The van der Waals surface area contributed by atoms with Gasteiger partial charge in [-0.15, -0.1) is 0 Å². The van der Waals surface area contributed by atoms with E-state index in [1.165, 1.54) is 6.07 Å². The number of para-hydroxylation sites is 1. The van der Waals surface area contributed by atoms with Crippen molar-refractivity contribution in [3.63, 3.8) is 0 Å². The van der Waals surface area contributed by atoms with Gasteiger partial charge < -0.3 is 9.47 Å². The Balaban J connectivity index is 1.93. The Morgan fingerprint density at radius 3 is 2.81 bits per heavy atom. The van der Waals surface area contributed by atoms with E-state index >= 15 is 0 Å². The van der Waals surface area contributed by atoms with Crippen LogP contribution in [-0.2, 0) is 4.74 Å². The summed E-state index contributed by atoms with van der Waals surface area (Å²) < 4.78 is 25.1. The largest absolute Gasteiger partial charge is 0.489 e. The molecule has 16 heavy (non-hydrogen) atoms. The summed E-state index contributed by atoms with van der Waals surface area (Å²) in [5.41, 5.74) is 0. The van der Waals surface area contributed by atoms with Crippen LogP contribution in [0.4, 0.5) is 4.39 Å². The van der Waals surface area contributed by atoms with E-state index < -0.39 is 0 Å². The number of hydrogen-bond donors (Lipinski definition) is 0. The molecule has 2 rings (SSSR count). The monoisotopic (exact) mass is 336 g/mol. The van der Waals surface area contributed by atoms with Crippen molar-refractivity contribution in [3.8, 4) is 5.75 Å². The van der Waals surface area contributed by atoms with E-state index in [0.29, 0.717) is 18.3 Å². The Labute approximate surface area is 108 Å². The standard InChI is InChI=1S/C12H14FIO2/c13-10-2-1-3-11(14)12(10)16-8-9-4-6-15-7-5-9/h1-3,9H,4-8H2. The highest BCUT2D eigenvalue weighted by atomic mass is 127. The second-order valence-electron chi connectivity index (χ2n) is 3.92. The number of ether oxygens (including phenoxy) is 2. The van der Waals surface area contributed by atoms with Gasteiger partial charge in [0.05, 0.1) is 10.2 Å². The fourth-order valence-corrected chi connectivity index (χ4v) is 2.36. The van der Waals surface area contributed by atoms with Gasteiger partial charge in [-0.1, -0.05) is 6.07 Å². The zero-order chi connectivity index (χ0) is 11.4. The molecular formula is C12H14FIO2. The van der Waals surface area contributed by atoms with Gasteiger partial charge in [0, 0.05) is 13.2 Å². The fourth-order valence-electron chi connectivity index (χ4n) is 1.73. The lowest BCUT2D eigenvalue weighted by Gasteiger charge is -2.22. The zero-order valence-electron chi connectivity index (χ0n) is 8.92. The first-order valence-corrected chi connectivity index (χ1v) is 6.50. The molecule has 0 amide bonds. The molecule has 1 fully saturated rings. The first-order chi connectivity index (χ1) is 7.77. The Bertz CT molecular complexity index is 331. The van der Waals surface area contributed by atoms with Gasteiger partial charge in [0.15, 0.2) is 11.6 Å². The van der Waals surface area contributed by atoms with Gasteiger partial charge >= 0.3 is 0 Å². The molecule has 1 aromatic carbocycles. The van der Waals surface area contributed by atoms with Crippen molar-refractivity contribution in [2.75, 3.05) is 19.8 Å². The molecule has 1 heterocycles. The number of hydrogen-bond acceptors (Lipinski definition) is 2. The van der Waals surface area contributed by atoms with Crippen molar-refractivity contribution >= 4 is 22.6 Å². The van der Waals surface area contributed by atoms with Crippen molar-refractivity contribution < 1.29 is 13.9 Å². The Kier molecular flexibility index (Phi) is 4.40. The van der Waals surface area contributed by atoms with Crippen molar-refractivity contribution in [1.29, 1.82) is 0 Å². The predicted molar refractivity (Wildman–Crippen MR) is 68.2 cm³/mol. The molecular weight excluding hydrogens is 322 g/mol. The maximum Gasteiger partial charge on any atom is 0.168 e. The van der Waals surface area contributed by atoms with Gasteiger partial charge in [-0.05, 0) is 53.5 Å².